The van der Waals surface area contributed by atoms with Crippen molar-refractivity contribution in [1.82, 2.24) is 5.32 Å². The maximum absolute atomic E-state index is 12.4. The van der Waals surface area contributed by atoms with E-state index in [9.17, 15) is 14.4 Å². The van der Waals surface area contributed by atoms with E-state index in [1.54, 1.807) is 18.2 Å². The van der Waals surface area contributed by atoms with Gasteiger partial charge >= 0.3 is 12.0 Å². The smallest absolute Gasteiger partial charge is 0.338 e. The Labute approximate surface area is 151 Å². The summed E-state index contributed by atoms with van der Waals surface area (Å²) in [5.74, 6) is -1.45. The normalized spacial score (nSPS) is 18.6. The number of esters is 1. The van der Waals surface area contributed by atoms with Crippen molar-refractivity contribution in [2.24, 2.45) is 11.7 Å². The van der Waals surface area contributed by atoms with E-state index in [0.717, 1.165) is 12.8 Å². The molecule has 0 unspecified atom stereocenters. The highest BCUT2D eigenvalue weighted by Gasteiger charge is 2.32. The van der Waals surface area contributed by atoms with Crippen LogP contribution in [0.25, 0.3) is 0 Å². The predicted molar refractivity (Wildman–Crippen MR) is 93.6 cm³/mol. The molecule has 26 heavy (non-hydrogen) atoms. The lowest BCUT2D eigenvalue weighted by Gasteiger charge is -2.27. The van der Waals surface area contributed by atoms with E-state index in [-0.39, 0.29) is 23.6 Å². The third-order valence-corrected chi connectivity index (χ3v) is 4.48. The molecule has 1 heterocycles. The molecule has 3 rings (SSSR count). The summed E-state index contributed by atoms with van der Waals surface area (Å²) in [6, 6.07) is 6.31. The number of hydrogen-bond donors (Lipinski definition) is 3. The Kier molecular flexibility index (Phi) is 5.72. The Bertz CT molecular complexity index is 683. The van der Waals surface area contributed by atoms with Crippen molar-refractivity contribution in [2.45, 2.75) is 37.8 Å². The molecule has 3 amide bonds. The third-order valence-electron chi connectivity index (χ3n) is 4.48. The fourth-order valence-electron chi connectivity index (χ4n) is 2.89. The van der Waals surface area contributed by atoms with Crippen LogP contribution in [-0.4, -0.2) is 43.3 Å². The quantitative estimate of drug-likeness (QED) is 0.662. The number of carbonyl (C=O) groups excluding carboxylic acids is 3. The van der Waals surface area contributed by atoms with E-state index in [2.05, 4.69) is 10.6 Å². The predicted octanol–water partition coefficient (Wildman–Crippen LogP) is 1.41. The zero-order valence-electron chi connectivity index (χ0n) is 14.4. The first-order chi connectivity index (χ1) is 12.5. The van der Waals surface area contributed by atoms with Gasteiger partial charge in [-0.3, -0.25) is 4.79 Å². The number of hydrogen-bond acceptors (Lipinski definition) is 5. The second-order valence-electron chi connectivity index (χ2n) is 6.63. The molecular formula is C18H23N3O5. The maximum Gasteiger partial charge on any atom is 0.338 e. The first-order valence-electron chi connectivity index (χ1n) is 8.78. The first-order valence-corrected chi connectivity index (χ1v) is 8.78. The molecule has 1 atom stereocenters. The Balaban J connectivity index is 1.63. The van der Waals surface area contributed by atoms with Crippen molar-refractivity contribution in [3.8, 4) is 0 Å². The zero-order valence-corrected chi connectivity index (χ0v) is 14.4. The fraction of sp³-hybridized carbons (Fsp3) is 0.500. The Hall–Kier alpha value is -2.61. The largest absolute Gasteiger partial charge is 0.448 e. The molecule has 1 saturated carbocycles. The van der Waals surface area contributed by atoms with Gasteiger partial charge in [-0.25, -0.2) is 9.59 Å². The average Bonchev–Trinajstić information content (AvgIpc) is 3.44. The van der Waals surface area contributed by atoms with Gasteiger partial charge in [0.05, 0.1) is 5.56 Å². The topological polar surface area (TPSA) is 120 Å². The van der Waals surface area contributed by atoms with E-state index >= 15 is 0 Å². The number of anilines is 1. The molecule has 0 aromatic heterocycles. The van der Waals surface area contributed by atoms with Gasteiger partial charge in [-0.2, -0.15) is 0 Å². The minimum Gasteiger partial charge on any atom is -0.448 e. The Morgan fingerprint density at radius 2 is 1.88 bits per heavy atom. The van der Waals surface area contributed by atoms with Crippen molar-refractivity contribution in [1.29, 1.82) is 0 Å². The van der Waals surface area contributed by atoms with Gasteiger partial charge in [0.25, 0.3) is 5.91 Å². The molecule has 1 aromatic carbocycles. The number of urea groups is 1. The van der Waals surface area contributed by atoms with Gasteiger partial charge in [0.15, 0.2) is 6.10 Å². The second kappa shape index (κ2) is 8.18. The molecule has 1 aromatic rings. The minimum atomic E-state index is -0.985. The van der Waals surface area contributed by atoms with Crippen LogP contribution < -0.4 is 16.4 Å². The zero-order chi connectivity index (χ0) is 18.5. The number of amides is 3. The van der Waals surface area contributed by atoms with Crippen molar-refractivity contribution >= 4 is 23.6 Å². The second-order valence-corrected chi connectivity index (χ2v) is 6.63. The molecule has 8 heteroatoms. The van der Waals surface area contributed by atoms with Crippen LogP contribution in [0.3, 0.4) is 0 Å². The minimum absolute atomic E-state index is 0.143. The van der Waals surface area contributed by atoms with Gasteiger partial charge in [-0.05, 0) is 43.9 Å². The van der Waals surface area contributed by atoms with Gasteiger partial charge in [0.1, 0.15) is 0 Å². The Morgan fingerprint density at radius 3 is 2.54 bits per heavy atom. The van der Waals surface area contributed by atoms with Crippen LogP contribution in [0.2, 0.25) is 0 Å². The van der Waals surface area contributed by atoms with Crippen molar-refractivity contribution in [3.63, 3.8) is 0 Å². The lowest BCUT2D eigenvalue weighted by atomic mass is 9.93. The van der Waals surface area contributed by atoms with Gasteiger partial charge in [0.2, 0.25) is 0 Å². The van der Waals surface area contributed by atoms with E-state index in [4.69, 9.17) is 15.2 Å². The van der Waals surface area contributed by atoms with E-state index in [0.29, 0.717) is 31.7 Å². The van der Waals surface area contributed by atoms with Crippen LogP contribution in [0, 0.1) is 5.92 Å². The molecule has 8 nitrogen and oxygen atoms in total. The molecular weight excluding hydrogens is 338 g/mol. The SMILES string of the molecule is NC(=O)[C@H](OC(=O)c1cccc(NC(=O)NC2CC2)c1)C1CCOCC1. The summed E-state index contributed by atoms with van der Waals surface area (Å²) in [6.45, 7) is 1.03. The number of nitrogens with two attached hydrogens (primary N) is 1. The molecule has 1 aliphatic carbocycles. The van der Waals surface area contributed by atoms with Gasteiger partial charge < -0.3 is 25.8 Å². The summed E-state index contributed by atoms with van der Waals surface area (Å²) in [6.07, 6.45) is 2.22. The highest BCUT2D eigenvalue weighted by molar-refractivity contribution is 5.95. The molecule has 1 saturated heterocycles. The van der Waals surface area contributed by atoms with E-state index in [1.807, 2.05) is 0 Å². The summed E-state index contributed by atoms with van der Waals surface area (Å²) >= 11 is 0. The average molecular weight is 361 g/mol. The summed E-state index contributed by atoms with van der Waals surface area (Å²) in [5.41, 5.74) is 6.13. The van der Waals surface area contributed by atoms with Crippen LogP contribution in [-0.2, 0) is 14.3 Å². The van der Waals surface area contributed by atoms with E-state index in [1.165, 1.54) is 6.07 Å². The number of nitrogens with one attached hydrogen (secondary N) is 2. The van der Waals surface area contributed by atoms with Crippen LogP contribution in [0.1, 0.15) is 36.0 Å². The third kappa shape index (κ3) is 4.95. The monoisotopic (exact) mass is 361 g/mol. The van der Waals surface area contributed by atoms with Crippen LogP contribution in [0.4, 0.5) is 10.5 Å². The lowest BCUT2D eigenvalue weighted by molar-refractivity contribution is -0.131. The van der Waals surface area contributed by atoms with Crippen molar-refractivity contribution in [2.75, 3.05) is 18.5 Å². The number of benzene rings is 1. The number of rotatable bonds is 6. The molecule has 2 fully saturated rings. The highest BCUT2D eigenvalue weighted by Crippen LogP contribution is 2.23. The maximum atomic E-state index is 12.4. The molecule has 0 radical (unpaired) electrons. The summed E-state index contributed by atoms with van der Waals surface area (Å²) in [7, 11) is 0. The lowest BCUT2D eigenvalue weighted by Crippen LogP contribution is -2.41. The Morgan fingerprint density at radius 1 is 1.15 bits per heavy atom. The molecule has 1 aliphatic heterocycles. The van der Waals surface area contributed by atoms with Crippen LogP contribution in [0.15, 0.2) is 24.3 Å². The van der Waals surface area contributed by atoms with Crippen LogP contribution >= 0.6 is 0 Å². The summed E-state index contributed by atoms with van der Waals surface area (Å²) < 4.78 is 10.6. The van der Waals surface area contributed by atoms with Crippen molar-refractivity contribution < 1.29 is 23.9 Å². The molecule has 4 N–H and O–H groups in total. The van der Waals surface area contributed by atoms with Crippen molar-refractivity contribution in [3.05, 3.63) is 29.8 Å². The molecule has 0 bridgehead atoms. The van der Waals surface area contributed by atoms with Gasteiger partial charge in [0, 0.05) is 30.9 Å². The summed E-state index contributed by atoms with van der Waals surface area (Å²) in [5, 5.41) is 5.48. The van der Waals surface area contributed by atoms with Crippen LogP contribution in [0.5, 0.6) is 0 Å². The van der Waals surface area contributed by atoms with E-state index < -0.39 is 18.0 Å². The molecule has 0 spiro atoms. The highest BCUT2D eigenvalue weighted by atomic mass is 16.5. The van der Waals surface area contributed by atoms with Gasteiger partial charge in [-0.1, -0.05) is 6.07 Å². The first kappa shape index (κ1) is 18.2. The molecule has 2 aliphatic rings. The molecule has 140 valence electrons. The standard InChI is InChI=1S/C18H23N3O5/c19-16(22)15(11-6-8-25-9-7-11)26-17(23)12-2-1-3-14(10-12)21-18(24)20-13-4-5-13/h1-3,10-11,13,15H,4-9H2,(H2,19,22)(H2,20,21,24)/t15-/m1/s1. The number of carbonyl (C=O) groups is 3. The number of ether oxygens (including phenoxy) is 2. The van der Waals surface area contributed by atoms with Gasteiger partial charge in [-0.15, -0.1) is 0 Å². The number of primary amides is 1. The summed E-state index contributed by atoms with van der Waals surface area (Å²) in [4.78, 5) is 36.0. The fourth-order valence-corrected chi connectivity index (χ4v) is 2.89.